The van der Waals surface area contributed by atoms with E-state index < -0.39 is 0 Å². The molecule has 112 valence electrons. The molecule has 4 nitrogen and oxygen atoms in total. The maximum absolute atomic E-state index is 5.62. The van der Waals surface area contributed by atoms with Gasteiger partial charge < -0.3 is 13.9 Å². The van der Waals surface area contributed by atoms with E-state index in [2.05, 4.69) is 29.7 Å². The van der Waals surface area contributed by atoms with Gasteiger partial charge in [0.25, 0.3) is 0 Å². The van der Waals surface area contributed by atoms with E-state index in [4.69, 9.17) is 14.5 Å². The van der Waals surface area contributed by atoms with E-state index in [-0.39, 0.29) is 0 Å². The highest BCUT2D eigenvalue weighted by molar-refractivity contribution is 7.98. The van der Waals surface area contributed by atoms with Crippen LogP contribution >= 0.6 is 11.8 Å². The fourth-order valence-corrected chi connectivity index (χ4v) is 3.35. The van der Waals surface area contributed by atoms with Crippen LogP contribution in [0.5, 0.6) is 11.5 Å². The van der Waals surface area contributed by atoms with Gasteiger partial charge in [-0.3, -0.25) is 0 Å². The molecular formula is C17H16N2O2S. The average Bonchev–Trinajstić information content (AvgIpc) is 2.97. The number of thioether (sulfide) groups is 1. The number of aryl methyl sites for hydroxylation is 1. The number of rotatable bonds is 3. The van der Waals surface area contributed by atoms with Gasteiger partial charge in [0.1, 0.15) is 18.9 Å². The number of hydrogen-bond acceptors (Lipinski definition) is 4. The minimum atomic E-state index is 0.618. The predicted octanol–water partition coefficient (Wildman–Crippen LogP) is 3.71. The molecule has 0 bridgehead atoms. The first-order chi connectivity index (χ1) is 10.8. The molecule has 22 heavy (non-hydrogen) atoms. The van der Waals surface area contributed by atoms with Gasteiger partial charge in [-0.15, -0.1) is 11.8 Å². The molecule has 0 radical (unpaired) electrons. The summed E-state index contributed by atoms with van der Waals surface area (Å²) in [7, 11) is 0. The van der Waals surface area contributed by atoms with Gasteiger partial charge in [0.15, 0.2) is 11.5 Å². The highest BCUT2D eigenvalue weighted by Crippen LogP contribution is 2.35. The maximum atomic E-state index is 5.62. The molecule has 0 saturated carbocycles. The molecule has 1 aliphatic rings. The summed E-state index contributed by atoms with van der Waals surface area (Å²) in [5, 5.41) is 0. The van der Waals surface area contributed by atoms with Crippen LogP contribution in [0.1, 0.15) is 11.3 Å². The molecule has 0 saturated heterocycles. The van der Waals surface area contributed by atoms with Crippen molar-refractivity contribution < 1.29 is 9.47 Å². The molecule has 4 rings (SSSR count). The van der Waals surface area contributed by atoms with Crippen molar-refractivity contribution in [2.24, 2.45) is 0 Å². The summed E-state index contributed by atoms with van der Waals surface area (Å²) < 4.78 is 13.2. The molecule has 0 amide bonds. The van der Waals surface area contributed by atoms with Crippen molar-refractivity contribution in [2.75, 3.05) is 13.2 Å². The number of benzene rings is 1. The van der Waals surface area contributed by atoms with Crippen molar-refractivity contribution in [1.29, 1.82) is 0 Å². The van der Waals surface area contributed by atoms with Gasteiger partial charge in [-0.05, 0) is 36.8 Å². The van der Waals surface area contributed by atoms with Crippen LogP contribution in [0.2, 0.25) is 0 Å². The molecule has 0 spiro atoms. The Balaban J connectivity index is 1.52. The van der Waals surface area contributed by atoms with Gasteiger partial charge in [-0.25, -0.2) is 4.98 Å². The SMILES string of the molecule is Cc1cccn2cc(CSc3ccc4c(c3)OCCO4)nc12. The predicted molar refractivity (Wildman–Crippen MR) is 86.9 cm³/mol. The van der Waals surface area contributed by atoms with Crippen LogP contribution < -0.4 is 9.47 Å². The van der Waals surface area contributed by atoms with Crippen molar-refractivity contribution in [3.63, 3.8) is 0 Å². The zero-order valence-corrected chi connectivity index (χ0v) is 13.1. The second-order valence-corrected chi connectivity index (χ2v) is 6.30. The molecule has 2 aromatic heterocycles. The number of ether oxygens (including phenoxy) is 2. The standard InChI is InChI=1S/C17H16N2O2S/c1-12-3-2-6-19-10-13(18-17(12)19)11-22-14-4-5-15-16(9-14)21-8-7-20-15/h2-6,9-10H,7-8,11H2,1H3. The Labute approximate surface area is 133 Å². The number of imidazole rings is 1. The van der Waals surface area contributed by atoms with E-state index in [1.54, 1.807) is 11.8 Å². The smallest absolute Gasteiger partial charge is 0.162 e. The normalized spacial score (nSPS) is 13.5. The van der Waals surface area contributed by atoms with Crippen molar-refractivity contribution in [3.8, 4) is 11.5 Å². The van der Waals surface area contributed by atoms with Crippen molar-refractivity contribution in [2.45, 2.75) is 17.6 Å². The zero-order valence-electron chi connectivity index (χ0n) is 12.3. The Hall–Kier alpha value is -2.14. The van der Waals surface area contributed by atoms with Crippen LogP contribution in [0.3, 0.4) is 0 Å². The van der Waals surface area contributed by atoms with Gasteiger partial charge in [0.2, 0.25) is 0 Å². The van der Waals surface area contributed by atoms with E-state index in [0.717, 1.165) is 33.5 Å². The number of nitrogens with zero attached hydrogens (tertiary/aromatic N) is 2. The Kier molecular flexibility index (Phi) is 3.42. The molecule has 1 aromatic carbocycles. The zero-order chi connectivity index (χ0) is 14.9. The number of hydrogen-bond donors (Lipinski definition) is 0. The van der Waals surface area contributed by atoms with E-state index in [1.807, 2.05) is 24.4 Å². The second-order valence-electron chi connectivity index (χ2n) is 5.25. The Morgan fingerprint density at radius 1 is 1.18 bits per heavy atom. The molecule has 3 heterocycles. The van der Waals surface area contributed by atoms with Gasteiger partial charge in [-0.2, -0.15) is 0 Å². The van der Waals surface area contributed by atoms with E-state index in [0.29, 0.717) is 13.2 Å². The highest BCUT2D eigenvalue weighted by Gasteiger charge is 2.12. The van der Waals surface area contributed by atoms with Crippen LogP contribution in [0.4, 0.5) is 0 Å². The lowest BCUT2D eigenvalue weighted by atomic mass is 10.3. The molecule has 0 N–H and O–H groups in total. The van der Waals surface area contributed by atoms with Crippen molar-refractivity contribution in [1.82, 2.24) is 9.38 Å². The second kappa shape index (κ2) is 5.57. The molecular weight excluding hydrogens is 296 g/mol. The van der Waals surface area contributed by atoms with Crippen LogP contribution in [0.25, 0.3) is 5.65 Å². The lowest BCUT2D eigenvalue weighted by Gasteiger charge is -2.18. The van der Waals surface area contributed by atoms with Crippen molar-refractivity contribution >= 4 is 17.4 Å². The Morgan fingerprint density at radius 3 is 2.91 bits per heavy atom. The molecule has 0 atom stereocenters. The minimum Gasteiger partial charge on any atom is -0.486 e. The summed E-state index contributed by atoms with van der Waals surface area (Å²) >= 11 is 1.76. The topological polar surface area (TPSA) is 35.8 Å². The van der Waals surface area contributed by atoms with Gasteiger partial charge in [0, 0.05) is 23.0 Å². The molecule has 0 unspecified atom stereocenters. The molecule has 1 aliphatic heterocycles. The Morgan fingerprint density at radius 2 is 2.05 bits per heavy atom. The molecule has 5 heteroatoms. The van der Waals surface area contributed by atoms with Crippen LogP contribution in [-0.2, 0) is 5.75 Å². The van der Waals surface area contributed by atoms with E-state index >= 15 is 0 Å². The molecule has 0 aliphatic carbocycles. The molecule has 3 aromatic rings. The number of fused-ring (bicyclic) bond motifs is 2. The monoisotopic (exact) mass is 312 g/mol. The summed E-state index contributed by atoms with van der Waals surface area (Å²) in [6.07, 6.45) is 4.13. The highest BCUT2D eigenvalue weighted by atomic mass is 32.2. The van der Waals surface area contributed by atoms with Crippen LogP contribution in [0.15, 0.2) is 47.6 Å². The van der Waals surface area contributed by atoms with E-state index in [9.17, 15) is 0 Å². The fraction of sp³-hybridized carbons (Fsp3) is 0.235. The lowest BCUT2D eigenvalue weighted by Crippen LogP contribution is -2.15. The quantitative estimate of drug-likeness (QED) is 0.691. The first-order valence-corrected chi connectivity index (χ1v) is 8.24. The maximum Gasteiger partial charge on any atom is 0.162 e. The third-order valence-electron chi connectivity index (χ3n) is 3.63. The lowest BCUT2D eigenvalue weighted by molar-refractivity contribution is 0.171. The summed E-state index contributed by atoms with van der Waals surface area (Å²) in [6, 6.07) is 10.2. The third kappa shape index (κ3) is 2.52. The van der Waals surface area contributed by atoms with Gasteiger partial charge in [0.05, 0.1) is 5.69 Å². The number of aromatic nitrogens is 2. The van der Waals surface area contributed by atoms with E-state index in [1.165, 1.54) is 5.56 Å². The summed E-state index contributed by atoms with van der Waals surface area (Å²) in [5.74, 6) is 2.50. The first-order valence-electron chi connectivity index (χ1n) is 7.25. The minimum absolute atomic E-state index is 0.618. The molecule has 0 fully saturated rings. The number of pyridine rings is 1. The Bertz CT molecular complexity index is 829. The summed E-state index contributed by atoms with van der Waals surface area (Å²) in [5.41, 5.74) is 3.30. The van der Waals surface area contributed by atoms with Gasteiger partial charge in [-0.1, -0.05) is 6.07 Å². The van der Waals surface area contributed by atoms with Crippen molar-refractivity contribution in [3.05, 3.63) is 54.0 Å². The third-order valence-corrected chi connectivity index (χ3v) is 4.66. The van der Waals surface area contributed by atoms with Gasteiger partial charge >= 0.3 is 0 Å². The van der Waals surface area contributed by atoms with Crippen LogP contribution in [-0.4, -0.2) is 22.6 Å². The average molecular weight is 312 g/mol. The summed E-state index contributed by atoms with van der Waals surface area (Å²) in [4.78, 5) is 5.87. The largest absolute Gasteiger partial charge is 0.486 e. The first kappa shape index (κ1) is 13.5. The summed E-state index contributed by atoms with van der Waals surface area (Å²) in [6.45, 7) is 3.33. The van der Waals surface area contributed by atoms with Crippen LogP contribution in [0, 0.1) is 6.92 Å². The fourth-order valence-electron chi connectivity index (χ4n) is 2.54.